The van der Waals surface area contributed by atoms with Crippen LogP contribution in [0.2, 0.25) is 0 Å². The number of carbonyl (C=O) groups is 1. The van der Waals surface area contributed by atoms with Crippen LogP contribution in [-0.2, 0) is 9.53 Å². The van der Waals surface area contributed by atoms with Gasteiger partial charge in [0.05, 0.1) is 17.5 Å². The van der Waals surface area contributed by atoms with Crippen LogP contribution < -0.4 is 10.6 Å². The van der Waals surface area contributed by atoms with Crippen molar-refractivity contribution in [2.75, 3.05) is 12.8 Å². The molecule has 2 aromatic carbocycles. The topological polar surface area (TPSA) is 111 Å². The van der Waals surface area contributed by atoms with E-state index in [9.17, 15) is 20.1 Å². The fourth-order valence-electron chi connectivity index (χ4n) is 4.91. The van der Waals surface area contributed by atoms with Gasteiger partial charge in [0, 0.05) is 0 Å². The molecule has 2 aromatic rings. The van der Waals surface area contributed by atoms with E-state index in [-0.39, 0.29) is 5.91 Å². The molecule has 0 spiro atoms. The Morgan fingerprint density at radius 2 is 1.74 bits per heavy atom. The van der Waals surface area contributed by atoms with Crippen LogP contribution in [0.4, 0.5) is 0 Å². The number of ether oxygens (including phenoxy) is 1. The van der Waals surface area contributed by atoms with Crippen LogP contribution in [0.5, 0.6) is 0 Å². The summed E-state index contributed by atoms with van der Waals surface area (Å²) in [7, 11) is 0. The van der Waals surface area contributed by atoms with Gasteiger partial charge in [-0.1, -0.05) is 78.4 Å². The third kappa shape index (κ3) is 7.52. The van der Waals surface area contributed by atoms with Gasteiger partial charge in [0.1, 0.15) is 29.9 Å². The first-order valence-electron chi connectivity index (χ1n) is 13.2. The Kier molecular flexibility index (Phi) is 10.7. The van der Waals surface area contributed by atoms with E-state index in [2.05, 4.69) is 65.3 Å². The molecule has 0 bridgehead atoms. The number of thioether (sulfide) groups is 1. The molecule has 0 aliphatic carbocycles. The molecule has 2 aliphatic rings. The lowest BCUT2D eigenvalue weighted by atomic mass is 9.93. The lowest BCUT2D eigenvalue weighted by Crippen LogP contribution is -2.65. The van der Waals surface area contributed by atoms with E-state index in [4.69, 9.17) is 16.3 Å². The molecule has 0 radical (unpaired) electrons. The monoisotopic (exact) mass is 572 g/mol. The highest BCUT2D eigenvalue weighted by Crippen LogP contribution is 2.30. The molecule has 8 atom stereocenters. The number of allylic oxidation sites excluding steroid dienone is 1. The first kappa shape index (κ1) is 29.8. The van der Waals surface area contributed by atoms with Crippen molar-refractivity contribution in [1.82, 2.24) is 10.6 Å². The molecule has 1 fully saturated rings. The summed E-state index contributed by atoms with van der Waals surface area (Å²) < 4.78 is 5.85. The number of halogens is 1. The van der Waals surface area contributed by atoms with Gasteiger partial charge in [0.2, 0.25) is 5.91 Å². The minimum Gasteiger partial charge on any atom is -0.388 e. The van der Waals surface area contributed by atoms with Gasteiger partial charge < -0.3 is 30.7 Å². The van der Waals surface area contributed by atoms with Crippen molar-refractivity contribution in [3.8, 4) is 11.1 Å². The number of rotatable bonds is 8. The van der Waals surface area contributed by atoms with Gasteiger partial charge in [-0.15, -0.1) is 23.4 Å². The molecule has 210 valence electrons. The van der Waals surface area contributed by atoms with Crippen LogP contribution >= 0.6 is 23.4 Å². The Balaban J connectivity index is 1.37. The molecular formula is C30H37ClN2O5S. The van der Waals surface area contributed by atoms with Crippen molar-refractivity contribution >= 4 is 35.3 Å². The van der Waals surface area contributed by atoms with Gasteiger partial charge >= 0.3 is 0 Å². The molecule has 4 rings (SSSR count). The van der Waals surface area contributed by atoms with Crippen LogP contribution in [0, 0.1) is 0 Å². The van der Waals surface area contributed by atoms with Crippen LogP contribution in [0.3, 0.4) is 0 Å². The summed E-state index contributed by atoms with van der Waals surface area (Å²) in [6, 6.07) is 17.4. The SMILES string of the molecule is CSC1O[C@H]([C@H](NC(=O)C2CC=C(/C=C/c3ccc(-c4ccccc4)cc3)CCN2)[C@H](C)Cl)[C@@H](O)C(O)[C@H]1O. The Bertz CT molecular complexity index is 1140. The second kappa shape index (κ2) is 13.9. The fraction of sp³-hybridized carbons (Fsp3) is 0.433. The fourth-order valence-corrected chi connectivity index (χ4v) is 5.79. The average Bonchev–Trinajstić information content (AvgIpc) is 3.20. The zero-order valence-corrected chi connectivity index (χ0v) is 23.7. The number of aliphatic hydroxyl groups excluding tert-OH is 3. The maximum absolute atomic E-state index is 13.2. The molecular weight excluding hydrogens is 536 g/mol. The Morgan fingerprint density at radius 1 is 1.05 bits per heavy atom. The predicted octanol–water partition coefficient (Wildman–Crippen LogP) is 3.33. The lowest BCUT2D eigenvalue weighted by Gasteiger charge is -2.44. The van der Waals surface area contributed by atoms with Crippen molar-refractivity contribution in [3.05, 3.63) is 77.9 Å². The summed E-state index contributed by atoms with van der Waals surface area (Å²) in [5, 5.41) is 36.7. The molecule has 1 saturated heterocycles. The summed E-state index contributed by atoms with van der Waals surface area (Å²) in [4.78, 5) is 13.2. The molecule has 0 aromatic heterocycles. The average molecular weight is 573 g/mol. The van der Waals surface area contributed by atoms with E-state index in [0.717, 1.165) is 17.6 Å². The molecule has 3 unspecified atom stereocenters. The van der Waals surface area contributed by atoms with E-state index in [1.165, 1.54) is 22.9 Å². The summed E-state index contributed by atoms with van der Waals surface area (Å²) >= 11 is 7.62. The summed E-state index contributed by atoms with van der Waals surface area (Å²) in [6.07, 6.45) is 4.23. The highest BCUT2D eigenvalue weighted by atomic mass is 35.5. The minimum atomic E-state index is -1.40. The van der Waals surface area contributed by atoms with Crippen LogP contribution in [-0.4, -0.2) is 81.3 Å². The number of benzene rings is 2. The number of aliphatic hydroxyl groups is 3. The van der Waals surface area contributed by atoms with Gasteiger partial charge in [-0.25, -0.2) is 0 Å². The molecule has 39 heavy (non-hydrogen) atoms. The van der Waals surface area contributed by atoms with Gasteiger partial charge in [-0.3, -0.25) is 4.79 Å². The van der Waals surface area contributed by atoms with Gasteiger partial charge in [-0.05, 0) is 49.3 Å². The number of alkyl halides is 1. The van der Waals surface area contributed by atoms with Crippen molar-refractivity contribution in [2.24, 2.45) is 0 Å². The third-order valence-corrected chi connectivity index (χ3v) is 8.37. The molecule has 5 N–H and O–H groups in total. The molecule has 0 saturated carbocycles. The van der Waals surface area contributed by atoms with Crippen molar-refractivity contribution in [3.63, 3.8) is 0 Å². The van der Waals surface area contributed by atoms with Gasteiger partial charge in [0.25, 0.3) is 0 Å². The minimum absolute atomic E-state index is 0.261. The Morgan fingerprint density at radius 3 is 2.41 bits per heavy atom. The van der Waals surface area contributed by atoms with E-state index in [0.29, 0.717) is 13.0 Å². The normalized spacial score (nSPS) is 29.3. The van der Waals surface area contributed by atoms with Crippen LogP contribution in [0.25, 0.3) is 17.2 Å². The largest absolute Gasteiger partial charge is 0.388 e. The summed E-state index contributed by atoms with van der Waals surface area (Å²) in [5.74, 6) is -0.261. The Hall–Kier alpha value is -2.17. The summed E-state index contributed by atoms with van der Waals surface area (Å²) in [6.45, 7) is 2.33. The van der Waals surface area contributed by atoms with E-state index >= 15 is 0 Å². The third-order valence-electron chi connectivity index (χ3n) is 7.24. The molecule has 7 nitrogen and oxygen atoms in total. The smallest absolute Gasteiger partial charge is 0.237 e. The molecule has 9 heteroatoms. The quantitative estimate of drug-likeness (QED) is 0.309. The van der Waals surface area contributed by atoms with Gasteiger partial charge in [0.15, 0.2) is 0 Å². The first-order chi connectivity index (χ1) is 18.8. The number of nitrogens with one attached hydrogen (secondary N) is 2. The summed E-state index contributed by atoms with van der Waals surface area (Å²) in [5.41, 5.74) is 3.85. The maximum atomic E-state index is 13.2. The van der Waals surface area contributed by atoms with E-state index < -0.39 is 47.3 Å². The molecule has 2 heterocycles. The zero-order chi connectivity index (χ0) is 27.9. The Labute approximate surface area is 239 Å². The first-order valence-corrected chi connectivity index (χ1v) is 14.9. The van der Waals surface area contributed by atoms with Crippen molar-refractivity contribution in [1.29, 1.82) is 0 Å². The second-order valence-electron chi connectivity index (χ2n) is 9.98. The zero-order valence-electron chi connectivity index (χ0n) is 22.1. The van der Waals surface area contributed by atoms with Crippen molar-refractivity contribution in [2.45, 2.75) is 67.1 Å². The highest BCUT2D eigenvalue weighted by Gasteiger charge is 2.48. The number of hydrogen-bond acceptors (Lipinski definition) is 7. The molecule has 1 amide bonds. The predicted molar refractivity (Wildman–Crippen MR) is 157 cm³/mol. The van der Waals surface area contributed by atoms with Crippen LogP contribution in [0.1, 0.15) is 25.3 Å². The number of carbonyl (C=O) groups excluding carboxylic acids is 1. The maximum Gasteiger partial charge on any atom is 0.237 e. The van der Waals surface area contributed by atoms with Gasteiger partial charge in [-0.2, -0.15) is 0 Å². The lowest BCUT2D eigenvalue weighted by molar-refractivity contribution is -0.205. The number of amides is 1. The standard InChI is InChI=1S/C30H37ClN2O5S/c1-18(31)24(28-26(35)25(34)27(36)30(38-28)39-2)33-29(37)23-15-12-20(16-17-32-23)9-8-19-10-13-22(14-11-19)21-6-4-3-5-7-21/h3-14,18,23-28,30,32,34-36H,15-17H2,1-2H3,(H,33,37)/b9-8+/t18-,23?,24+,25?,26-,27+,28+,30?/m0/s1. The van der Waals surface area contributed by atoms with Crippen LogP contribution in [0.15, 0.2) is 72.3 Å². The number of hydrogen-bond donors (Lipinski definition) is 5. The van der Waals surface area contributed by atoms with E-state index in [1.807, 2.05) is 18.2 Å². The van der Waals surface area contributed by atoms with E-state index in [1.54, 1.807) is 13.2 Å². The highest BCUT2D eigenvalue weighted by molar-refractivity contribution is 7.99. The molecule has 2 aliphatic heterocycles. The second-order valence-corrected chi connectivity index (χ2v) is 11.6. The van der Waals surface area contributed by atoms with Crippen molar-refractivity contribution < 1.29 is 24.9 Å².